The predicted octanol–water partition coefficient (Wildman–Crippen LogP) is 1.70. The first-order valence-electron chi connectivity index (χ1n) is 7.89. The number of carbonyl (C=O) groups is 1. The van der Waals surface area contributed by atoms with Gasteiger partial charge in [-0.15, -0.1) is 0 Å². The second kappa shape index (κ2) is 9.01. The fraction of sp³-hybridized carbons (Fsp3) is 0.529. The molecule has 0 unspecified atom stereocenters. The Labute approximate surface area is 137 Å². The molecular weight excluding hydrogens is 294 g/mol. The summed E-state index contributed by atoms with van der Waals surface area (Å²) in [5, 5.41) is 11.2. The zero-order valence-corrected chi connectivity index (χ0v) is 13.5. The number of para-hydroxylation sites is 1. The Kier molecular flexibility index (Phi) is 6.70. The average Bonchev–Trinajstić information content (AvgIpc) is 3.07. The number of rotatable bonds is 8. The van der Waals surface area contributed by atoms with E-state index in [-0.39, 0.29) is 12.3 Å². The lowest BCUT2D eigenvalue weighted by molar-refractivity contribution is -0.120. The van der Waals surface area contributed by atoms with Gasteiger partial charge in [-0.2, -0.15) is 5.26 Å². The first kappa shape index (κ1) is 17.1. The van der Waals surface area contributed by atoms with Crippen molar-refractivity contribution in [3.63, 3.8) is 0 Å². The van der Waals surface area contributed by atoms with Gasteiger partial charge in [0.2, 0.25) is 5.91 Å². The number of nitriles is 1. The highest BCUT2D eigenvalue weighted by molar-refractivity contribution is 5.78. The number of hydrogen-bond acceptors (Lipinski definition) is 5. The lowest BCUT2D eigenvalue weighted by atomic mass is 10.2. The second-order valence-electron chi connectivity index (χ2n) is 5.46. The van der Waals surface area contributed by atoms with Crippen LogP contribution in [-0.2, 0) is 11.3 Å². The zero-order chi connectivity index (χ0) is 16.5. The highest BCUT2D eigenvalue weighted by Crippen LogP contribution is 2.31. The standard InChI is InChI=1S/C17H23N3O3/c1-22-15-6-4-5-14(13-19-16(21)7-8-18)17(15)23-12-11-20-9-2-3-10-20/h4-6H,2-3,7,9-13H2,1H3,(H,19,21). The molecule has 0 saturated carbocycles. The van der Waals surface area contributed by atoms with Crippen LogP contribution >= 0.6 is 0 Å². The van der Waals surface area contributed by atoms with E-state index >= 15 is 0 Å². The van der Waals surface area contributed by atoms with Crippen molar-refractivity contribution in [1.29, 1.82) is 5.26 Å². The maximum atomic E-state index is 11.5. The van der Waals surface area contributed by atoms with Gasteiger partial charge in [-0.3, -0.25) is 9.69 Å². The molecular formula is C17H23N3O3. The first-order chi connectivity index (χ1) is 11.2. The molecule has 1 aromatic carbocycles. The van der Waals surface area contributed by atoms with E-state index in [1.54, 1.807) is 7.11 Å². The SMILES string of the molecule is COc1cccc(CNC(=O)CC#N)c1OCCN1CCCC1. The van der Waals surface area contributed by atoms with Crippen LogP contribution in [-0.4, -0.2) is 44.2 Å². The molecule has 6 heteroatoms. The molecule has 0 bridgehead atoms. The molecule has 1 aliphatic rings. The summed E-state index contributed by atoms with van der Waals surface area (Å²) in [6, 6.07) is 7.42. The van der Waals surface area contributed by atoms with Crippen molar-refractivity contribution in [3.8, 4) is 17.6 Å². The number of hydrogen-bond donors (Lipinski definition) is 1. The molecule has 1 aliphatic heterocycles. The van der Waals surface area contributed by atoms with Crippen LogP contribution in [0.25, 0.3) is 0 Å². The summed E-state index contributed by atoms with van der Waals surface area (Å²) in [4.78, 5) is 13.8. The Morgan fingerprint density at radius 3 is 2.87 bits per heavy atom. The summed E-state index contributed by atoms with van der Waals surface area (Å²) in [6.45, 7) is 4.05. The Hall–Kier alpha value is -2.26. The minimum Gasteiger partial charge on any atom is -0.493 e. The maximum Gasteiger partial charge on any atom is 0.234 e. The molecule has 23 heavy (non-hydrogen) atoms. The van der Waals surface area contributed by atoms with Gasteiger partial charge in [-0.25, -0.2) is 0 Å². The molecule has 0 spiro atoms. The minimum absolute atomic E-state index is 0.144. The monoisotopic (exact) mass is 317 g/mol. The van der Waals surface area contributed by atoms with Gasteiger partial charge in [0.25, 0.3) is 0 Å². The molecule has 6 nitrogen and oxygen atoms in total. The van der Waals surface area contributed by atoms with Gasteiger partial charge in [0, 0.05) is 18.7 Å². The van der Waals surface area contributed by atoms with Crippen LogP contribution in [0.3, 0.4) is 0 Å². The molecule has 2 rings (SSSR count). The number of nitrogens with one attached hydrogen (secondary N) is 1. The van der Waals surface area contributed by atoms with E-state index < -0.39 is 0 Å². The molecule has 1 heterocycles. The Morgan fingerprint density at radius 2 is 2.17 bits per heavy atom. The number of benzene rings is 1. The molecule has 0 aliphatic carbocycles. The quantitative estimate of drug-likeness (QED) is 0.790. The normalized spacial score (nSPS) is 14.3. The maximum absolute atomic E-state index is 11.5. The van der Waals surface area contributed by atoms with Gasteiger partial charge in [-0.1, -0.05) is 12.1 Å². The predicted molar refractivity (Wildman–Crippen MR) is 86.2 cm³/mol. The Balaban J connectivity index is 1.96. The Bertz CT molecular complexity index is 563. The third-order valence-corrected chi connectivity index (χ3v) is 3.85. The van der Waals surface area contributed by atoms with Crippen molar-refractivity contribution in [2.24, 2.45) is 0 Å². The molecule has 1 N–H and O–H groups in total. The molecule has 124 valence electrons. The highest BCUT2D eigenvalue weighted by atomic mass is 16.5. The number of amides is 1. The molecule has 1 fully saturated rings. The summed E-state index contributed by atoms with van der Waals surface area (Å²) >= 11 is 0. The van der Waals surface area contributed by atoms with Gasteiger partial charge in [0.1, 0.15) is 13.0 Å². The van der Waals surface area contributed by atoms with E-state index in [1.807, 2.05) is 24.3 Å². The summed E-state index contributed by atoms with van der Waals surface area (Å²) in [7, 11) is 1.60. The summed E-state index contributed by atoms with van der Waals surface area (Å²) in [5.74, 6) is 1.02. The molecule has 0 radical (unpaired) electrons. The van der Waals surface area contributed by atoms with Gasteiger partial charge >= 0.3 is 0 Å². The van der Waals surface area contributed by atoms with E-state index in [0.29, 0.717) is 24.7 Å². The van der Waals surface area contributed by atoms with Gasteiger partial charge in [0.15, 0.2) is 11.5 Å². The van der Waals surface area contributed by atoms with Crippen LogP contribution in [0.4, 0.5) is 0 Å². The Morgan fingerprint density at radius 1 is 1.39 bits per heavy atom. The average molecular weight is 317 g/mol. The largest absolute Gasteiger partial charge is 0.493 e. The number of likely N-dealkylation sites (tertiary alicyclic amines) is 1. The van der Waals surface area contributed by atoms with E-state index in [2.05, 4.69) is 10.2 Å². The molecule has 0 aromatic heterocycles. The van der Waals surface area contributed by atoms with Crippen LogP contribution in [0.1, 0.15) is 24.8 Å². The number of methoxy groups -OCH3 is 1. The third-order valence-electron chi connectivity index (χ3n) is 3.85. The number of ether oxygens (including phenoxy) is 2. The van der Waals surface area contributed by atoms with Crippen LogP contribution in [0.5, 0.6) is 11.5 Å². The lowest BCUT2D eigenvalue weighted by Crippen LogP contribution is -2.26. The smallest absolute Gasteiger partial charge is 0.234 e. The topological polar surface area (TPSA) is 74.6 Å². The van der Waals surface area contributed by atoms with Crippen molar-refractivity contribution in [3.05, 3.63) is 23.8 Å². The van der Waals surface area contributed by atoms with Crippen LogP contribution < -0.4 is 14.8 Å². The summed E-state index contributed by atoms with van der Waals surface area (Å²) in [6.07, 6.45) is 2.37. The second-order valence-corrected chi connectivity index (χ2v) is 5.46. The van der Waals surface area contributed by atoms with Crippen LogP contribution in [0, 0.1) is 11.3 Å². The summed E-state index contributed by atoms with van der Waals surface area (Å²) in [5.41, 5.74) is 0.845. The van der Waals surface area contributed by atoms with Gasteiger partial charge in [-0.05, 0) is 32.0 Å². The molecule has 0 atom stereocenters. The van der Waals surface area contributed by atoms with Gasteiger partial charge in [0.05, 0.1) is 13.2 Å². The number of nitrogens with zero attached hydrogens (tertiary/aromatic N) is 2. The van der Waals surface area contributed by atoms with Crippen molar-refractivity contribution in [2.75, 3.05) is 33.4 Å². The van der Waals surface area contributed by atoms with Gasteiger partial charge < -0.3 is 14.8 Å². The highest BCUT2D eigenvalue weighted by Gasteiger charge is 2.14. The minimum atomic E-state index is -0.293. The molecule has 1 amide bonds. The number of carbonyl (C=O) groups excluding carboxylic acids is 1. The van der Waals surface area contributed by atoms with E-state index in [0.717, 1.165) is 25.2 Å². The van der Waals surface area contributed by atoms with E-state index in [9.17, 15) is 4.79 Å². The molecule has 1 aromatic rings. The van der Waals surface area contributed by atoms with Crippen LogP contribution in [0.2, 0.25) is 0 Å². The lowest BCUT2D eigenvalue weighted by Gasteiger charge is -2.18. The van der Waals surface area contributed by atoms with E-state index in [1.165, 1.54) is 12.8 Å². The first-order valence-corrected chi connectivity index (χ1v) is 7.89. The fourth-order valence-electron chi connectivity index (χ4n) is 2.64. The van der Waals surface area contributed by atoms with Crippen molar-refractivity contribution < 1.29 is 14.3 Å². The third kappa shape index (κ3) is 5.15. The van der Waals surface area contributed by atoms with Crippen molar-refractivity contribution in [1.82, 2.24) is 10.2 Å². The van der Waals surface area contributed by atoms with Crippen molar-refractivity contribution >= 4 is 5.91 Å². The molecule has 1 saturated heterocycles. The fourth-order valence-corrected chi connectivity index (χ4v) is 2.64. The van der Waals surface area contributed by atoms with Crippen molar-refractivity contribution in [2.45, 2.75) is 25.8 Å². The summed E-state index contributed by atoms with van der Waals surface area (Å²) < 4.78 is 11.3. The van der Waals surface area contributed by atoms with Crippen LogP contribution in [0.15, 0.2) is 18.2 Å². The van der Waals surface area contributed by atoms with E-state index in [4.69, 9.17) is 14.7 Å². The zero-order valence-electron chi connectivity index (χ0n) is 13.5.